The highest BCUT2D eigenvalue weighted by Crippen LogP contribution is 2.23. The Labute approximate surface area is 115 Å². The molecule has 0 unspecified atom stereocenters. The lowest BCUT2D eigenvalue weighted by atomic mass is 10.2. The van der Waals surface area contributed by atoms with E-state index in [0.717, 1.165) is 5.56 Å². The Morgan fingerprint density at radius 2 is 2.05 bits per heavy atom. The van der Waals surface area contributed by atoms with Gasteiger partial charge in [-0.05, 0) is 36.8 Å². The zero-order chi connectivity index (χ0) is 13.8. The van der Waals surface area contributed by atoms with E-state index < -0.39 is 0 Å². The smallest absolute Gasteiger partial charge is 0.276 e. The van der Waals surface area contributed by atoms with Crippen molar-refractivity contribution < 1.29 is 4.79 Å². The number of amides is 1. The highest BCUT2D eigenvalue weighted by atomic mass is 35.5. The minimum atomic E-state index is -0.386. The molecule has 2 rings (SSSR count). The maximum atomic E-state index is 12.0. The van der Waals surface area contributed by atoms with Gasteiger partial charge < -0.3 is 10.7 Å². The summed E-state index contributed by atoms with van der Waals surface area (Å²) in [4.78, 5) is 12.0. The molecule has 98 valence electrons. The lowest BCUT2D eigenvalue weighted by molar-refractivity contribution is 0.102. The number of carbonyl (C=O) groups is 1. The van der Waals surface area contributed by atoms with E-state index in [1.807, 2.05) is 13.0 Å². The van der Waals surface area contributed by atoms with Gasteiger partial charge in [0, 0.05) is 0 Å². The van der Waals surface area contributed by atoms with Crippen LogP contribution in [0, 0.1) is 6.92 Å². The summed E-state index contributed by atoms with van der Waals surface area (Å²) in [5.74, 6) is 5.16. The standard InChI is InChI=1S/C12H12ClN5O/c1-7-2-3-8(13)10(6-7)15-12(19)9-4-5-11(16-14)18-17-9/h2-6H,14H2,1H3,(H,15,19)(H,16,18). The molecule has 7 heteroatoms. The van der Waals surface area contributed by atoms with E-state index in [4.69, 9.17) is 17.4 Å². The van der Waals surface area contributed by atoms with Crippen LogP contribution in [-0.4, -0.2) is 16.1 Å². The number of nitrogens with zero attached hydrogens (tertiary/aromatic N) is 2. The third-order valence-electron chi connectivity index (χ3n) is 2.42. The molecule has 0 saturated heterocycles. The molecule has 0 bridgehead atoms. The van der Waals surface area contributed by atoms with Gasteiger partial charge >= 0.3 is 0 Å². The summed E-state index contributed by atoms with van der Waals surface area (Å²) in [5, 5.41) is 10.6. The number of nitrogens with one attached hydrogen (secondary N) is 2. The fraction of sp³-hybridized carbons (Fsp3) is 0.0833. The zero-order valence-electron chi connectivity index (χ0n) is 10.1. The van der Waals surface area contributed by atoms with E-state index in [2.05, 4.69) is 20.9 Å². The minimum absolute atomic E-state index is 0.177. The highest BCUT2D eigenvalue weighted by molar-refractivity contribution is 6.33. The fourth-order valence-electron chi connectivity index (χ4n) is 1.45. The molecular formula is C12H12ClN5O. The van der Waals surface area contributed by atoms with Gasteiger partial charge in [-0.1, -0.05) is 17.7 Å². The van der Waals surface area contributed by atoms with Crippen molar-refractivity contribution in [3.63, 3.8) is 0 Å². The van der Waals surface area contributed by atoms with Crippen LogP contribution < -0.4 is 16.6 Å². The van der Waals surface area contributed by atoms with Crippen LogP contribution in [0.2, 0.25) is 5.02 Å². The number of hydrogen-bond acceptors (Lipinski definition) is 5. The van der Waals surface area contributed by atoms with Crippen LogP contribution in [0.25, 0.3) is 0 Å². The molecule has 4 N–H and O–H groups in total. The van der Waals surface area contributed by atoms with E-state index in [1.54, 1.807) is 18.2 Å². The van der Waals surface area contributed by atoms with Crippen LogP contribution in [0.4, 0.5) is 11.5 Å². The third kappa shape index (κ3) is 3.18. The van der Waals surface area contributed by atoms with Crippen LogP contribution in [0.15, 0.2) is 30.3 Å². The van der Waals surface area contributed by atoms with Gasteiger partial charge in [0.25, 0.3) is 5.91 Å². The number of nitrogen functional groups attached to an aromatic ring is 1. The average molecular weight is 278 g/mol. The van der Waals surface area contributed by atoms with Crippen LogP contribution in [0.1, 0.15) is 16.1 Å². The fourth-order valence-corrected chi connectivity index (χ4v) is 1.62. The molecule has 0 spiro atoms. The quantitative estimate of drug-likeness (QED) is 0.589. The number of carbonyl (C=O) groups excluding carboxylic acids is 1. The summed E-state index contributed by atoms with van der Waals surface area (Å²) in [5.41, 5.74) is 4.04. The molecule has 1 aromatic carbocycles. The molecule has 2 aromatic rings. The van der Waals surface area contributed by atoms with Crippen molar-refractivity contribution in [2.24, 2.45) is 5.84 Å². The molecule has 0 aliphatic heterocycles. The number of anilines is 2. The summed E-state index contributed by atoms with van der Waals surface area (Å²) >= 11 is 6.00. The van der Waals surface area contributed by atoms with Crippen molar-refractivity contribution in [2.45, 2.75) is 6.92 Å². The number of hydrogen-bond donors (Lipinski definition) is 3. The molecule has 19 heavy (non-hydrogen) atoms. The topological polar surface area (TPSA) is 92.9 Å². The van der Waals surface area contributed by atoms with Crippen molar-refractivity contribution in [1.82, 2.24) is 10.2 Å². The lowest BCUT2D eigenvalue weighted by Gasteiger charge is -2.07. The van der Waals surface area contributed by atoms with Crippen molar-refractivity contribution in [1.29, 1.82) is 0 Å². The monoisotopic (exact) mass is 277 g/mol. The number of aryl methyl sites for hydroxylation is 1. The first-order valence-electron chi connectivity index (χ1n) is 5.48. The SMILES string of the molecule is Cc1ccc(Cl)c(NC(=O)c2ccc(NN)nn2)c1. The van der Waals surface area contributed by atoms with Crippen LogP contribution in [0.3, 0.4) is 0 Å². The summed E-state index contributed by atoms with van der Waals surface area (Å²) in [7, 11) is 0. The predicted octanol–water partition coefficient (Wildman–Crippen LogP) is 1.98. The Morgan fingerprint density at radius 1 is 1.26 bits per heavy atom. The molecule has 0 atom stereocenters. The van der Waals surface area contributed by atoms with Gasteiger partial charge in [-0.2, -0.15) is 0 Å². The summed E-state index contributed by atoms with van der Waals surface area (Å²) in [6, 6.07) is 8.43. The normalized spacial score (nSPS) is 10.1. The Balaban J connectivity index is 2.18. The second kappa shape index (κ2) is 5.64. The molecule has 1 amide bonds. The molecule has 0 fully saturated rings. The van der Waals surface area contributed by atoms with Crippen LogP contribution >= 0.6 is 11.6 Å². The van der Waals surface area contributed by atoms with Gasteiger partial charge in [-0.15, -0.1) is 10.2 Å². The first-order chi connectivity index (χ1) is 9.10. The zero-order valence-corrected chi connectivity index (χ0v) is 10.9. The van der Waals surface area contributed by atoms with E-state index in [-0.39, 0.29) is 11.6 Å². The Bertz CT molecular complexity index is 600. The summed E-state index contributed by atoms with van der Waals surface area (Å²) in [6.07, 6.45) is 0. The van der Waals surface area contributed by atoms with E-state index >= 15 is 0 Å². The lowest BCUT2D eigenvalue weighted by Crippen LogP contribution is -2.16. The molecular weight excluding hydrogens is 266 g/mol. The first kappa shape index (κ1) is 13.3. The number of benzene rings is 1. The second-order valence-corrected chi connectivity index (χ2v) is 4.29. The predicted molar refractivity (Wildman–Crippen MR) is 74.0 cm³/mol. The van der Waals surface area contributed by atoms with Gasteiger partial charge in [0.05, 0.1) is 10.7 Å². The maximum Gasteiger partial charge on any atom is 0.276 e. The molecule has 1 aromatic heterocycles. The average Bonchev–Trinajstić information content (AvgIpc) is 2.43. The molecule has 0 aliphatic carbocycles. The van der Waals surface area contributed by atoms with Crippen molar-refractivity contribution in [2.75, 3.05) is 10.7 Å². The van der Waals surface area contributed by atoms with Gasteiger partial charge in [-0.3, -0.25) is 4.79 Å². The van der Waals surface area contributed by atoms with E-state index in [1.165, 1.54) is 6.07 Å². The van der Waals surface area contributed by atoms with E-state index in [9.17, 15) is 4.79 Å². The highest BCUT2D eigenvalue weighted by Gasteiger charge is 2.10. The van der Waals surface area contributed by atoms with Crippen LogP contribution in [0.5, 0.6) is 0 Å². The van der Waals surface area contributed by atoms with Crippen molar-refractivity contribution >= 4 is 29.0 Å². The molecule has 6 nitrogen and oxygen atoms in total. The van der Waals surface area contributed by atoms with Gasteiger partial charge in [0.15, 0.2) is 11.5 Å². The second-order valence-electron chi connectivity index (χ2n) is 3.89. The van der Waals surface area contributed by atoms with Crippen molar-refractivity contribution in [3.05, 3.63) is 46.6 Å². The number of halogens is 1. The Morgan fingerprint density at radius 3 is 2.68 bits per heavy atom. The molecule has 0 saturated carbocycles. The third-order valence-corrected chi connectivity index (χ3v) is 2.74. The summed E-state index contributed by atoms with van der Waals surface area (Å²) in [6.45, 7) is 1.91. The van der Waals surface area contributed by atoms with Crippen molar-refractivity contribution in [3.8, 4) is 0 Å². The maximum absolute atomic E-state index is 12.0. The molecule has 1 heterocycles. The number of rotatable bonds is 3. The van der Waals surface area contributed by atoms with Gasteiger partial charge in [-0.25, -0.2) is 5.84 Å². The Kier molecular flexibility index (Phi) is 3.94. The van der Waals surface area contributed by atoms with Gasteiger partial charge in [0.1, 0.15) is 0 Å². The number of hydrazine groups is 1. The molecule has 0 radical (unpaired) electrons. The summed E-state index contributed by atoms with van der Waals surface area (Å²) < 4.78 is 0. The minimum Gasteiger partial charge on any atom is -0.319 e. The number of nitrogens with two attached hydrogens (primary N) is 1. The van der Waals surface area contributed by atoms with Gasteiger partial charge in [0.2, 0.25) is 0 Å². The number of aromatic nitrogens is 2. The first-order valence-corrected chi connectivity index (χ1v) is 5.86. The van der Waals surface area contributed by atoms with E-state index in [0.29, 0.717) is 16.5 Å². The Hall–Kier alpha value is -2.18. The van der Waals surface area contributed by atoms with Crippen LogP contribution in [-0.2, 0) is 0 Å². The molecule has 0 aliphatic rings. The largest absolute Gasteiger partial charge is 0.319 e.